The number of hydrogen-bond acceptors (Lipinski definition) is 2. The molecule has 68 valence electrons. The molecule has 0 heterocycles. The highest BCUT2D eigenvalue weighted by Crippen LogP contribution is 1.94. The molecular weight excluding hydrogens is 156 g/mol. The molecule has 0 bridgehead atoms. The first-order chi connectivity index (χ1) is 5.43. The molecule has 0 aliphatic rings. The quantitative estimate of drug-likeness (QED) is 0.592. The van der Waals surface area contributed by atoms with Crippen LogP contribution < -0.4 is 11.1 Å². The fourth-order valence-electron chi connectivity index (χ4n) is 0.588. The van der Waals surface area contributed by atoms with E-state index in [9.17, 15) is 9.59 Å². The van der Waals surface area contributed by atoms with E-state index in [1.54, 1.807) is 20.8 Å². The third-order valence-electron chi connectivity index (χ3n) is 1.20. The second kappa shape index (κ2) is 4.54. The molecule has 4 nitrogen and oxygen atoms in total. The van der Waals surface area contributed by atoms with Gasteiger partial charge in [0.25, 0.3) is 0 Å². The standard InChI is InChI=1S/C8H14N2O2/c1-5(2)8(12)10-6(3)4-7(9)11/h4-5H,1-3H3,(H2,9,11)(H,10,12)/b6-4-. The van der Waals surface area contributed by atoms with Crippen LogP contribution in [0.2, 0.25) is 0 Å². The maximum Gasteiger partial charge on any atom is 0.243 e. The number of carbonyl (C=O) groups is 2. The summed E-state index contributed by atoms with van der Waals surface area (Å²) in [6.45, 7) is 5.16. The molecule has 0 atom stereocenters. The van der Waals surface area contributed by atoms with Crippen LogP contribution in [0, 0.1) is 5.92 Å². The van der Waals surface area contributed by atoms with Gasteiger partial charge in [0.05, 0.1) is 0 Å². The predicted octanol–water partition coefficient (Wildman–Crippen LogP) is 0.148. The number of primary amides is 1. The molecule has 0 fully saturated rings. The molecule has 0 aromatic carbocycles. The lowest BCUT2D eigenvalue weighted by Gasteiger charge is -2.06. The fourth-order valence-corrected chi connectivity index (χ4v) is 0.588. The molecule has 3 N–H and O–H groups in total. The number of rotatable bonds is 3. The van der Waals surface area contributed by atoms with E-state index < -0.39 is 5.91 Å². The lowest BCUT2D eigenvalue weighted by Crippen LogP contribution is -2.27. The molecule has 0 aromatic rings. The number of allylic oxidation sites excluding steroid dienone is 1. The second-order valence-corrected chi connectivity index (χ2v) is 2.87. The van der Waals surface area contributed by atoms with E-state index in [-0.39, 0.29) is 11.8 Å². The smallest absolute Gasteiger partial charge is 0.243 e. The summed E-state index contributed by atoms with van der Waals surface area (Å²) in [6.07, 6.45) is 1.18. The summed E-state index contributed by atoms with van der Waals surface area (Å²) < 4.78 is 0. The molecule has 0 aliphatic carbocycles. The van der Waals surface area contributed by atoms with Crippen molar-refractivity contribution in [3.63, 3.8) is 0 Å². The first-order valence-electron chi connectivity index (χ1n) is 3.72. The largest absolute Gasteiger partial charge is 0.366 e. The van der Waals surface area contributed by atoms with Crippen LogP contribution in [0.15, 0.2) is 11.8 Å². The molecule has 2 amide bonds. The van der Waals surface area contributed by atoms with Crippen molar-refractivity contribution < 1.29 is 9.59 Å². The van der Waals surface area contributed by atoms with Crippen molar-refractivity contribution in [2.45, 2.75) is 20.8 Å². The summed E-state index contributed by atoms with van der Waals surface area (Å²) >= 11 is 0. The van der Waals surface area contributed by atoms with Crippen molar-refractivity contribution in [1.29, 1.82) is 0 Å². The van der Waals surface area contributed by atoms with E-state index in [0.717, 1.165) is 0 Å². The molecule has 0 saturated carbocycles. The molecule has 0 aromatic heterocycles. The minimum atomic E-state index is -0.559. The average Bonchev–Trinajstić information content (AvgIpc) is 1.84. The normalized spacial score (nSPS) is 11.5. The van der Waals surface area contributed by atoms with Crippen molar-refractivity contribution in [3.8, 4) is 0 Å². The Morgan fingerprint density at radius 2 is 1.92 bits per heavy atom. The predicted molar refractivity (Wildman–Crippen MR) is 45.9 cm³/mol. The maximum absolute atomic E-state index is 11.0. The van der Waals surface area contributed by atoms with E-state index >= 15 is 0 Å². The van der Waals surface area contributed by atoms with E-state index in [1.165, 1.54) is 6.08 Å². The zero-order chi connectivity index (χ0) is 9.72. The van der Waals surface area contributed by atoms with Crippen LogP contribution in [0.1, 0.15) is 20.8 Å². The van der Waals surface area contributed by atoms with Gasteiger partial charge in [-0.2, -0.15) is 0 Å². The molecule has 0 unspecified atom stereocenters. The molecule has 0 rings (SSSR count). The van der Waals surface area contributed by atoms with Crippen LogP contribution in [0.5, 0.6) is 0 Å². The summed E-state index contributed by atoms with van der Waals surface area (Å²) in [4.78, 5) is 21.4. The molecule has 0 spiro atoms. The van der Waals surface area contributed by atoms with Gasteiger partial charge in [-0.3, -0.25) is 9.59 Å². The van der Waals surface area contributed by atoms with Crippen LogP contribution in [0.25, 0.3) is 0 Å². The Balaban J connectivity index is 4.09. The van der Waals surface area contributed by atoms with Gasteiger partial charge < -0.3 is 11.1 Å². The Labute approximate surface area is 71.8 Å². The first kappa shape index (κ1) is 10.7. The van der Waals surface area contributed by atoms with Gasteiger partial charge in [0.15, 0.2) is 0 Å². The van der Waals surface area contributed by atoms with Crippen LogP contribution in [0.4, 0.5) is 0 Å². The van der Waals surface area contributed by atoms with Crippen LogP contribution >= 0.6 is 0 Å². The number of amides is 2. The average molecular weight is 170 g/mol. The second-order valence-electron chi connectivity index (χ2n) is 2.87. The van der Waals surface area contributed by atoms with E-state index in [4.69, 9.17) is 5.73 Å². The van der Waals surface area contributed by atoms with Crippen molar-refractivity contribution in [3.05, 3.63) is 11.8 Å². The number of nitrogens with two attached hydrogens (primary N) is 1. The van der Waals surface area contributed by atoms with Crippen LogP contribution in [0.3, 0.4) is 0 Å². The Morgan fingerprint density at radius 1 is 1.42 bits per heavy atom. The fraction of sp³-hybridized carbons (Fsp3) is 0.500. The van der Waals surface area contributed by atoms with Gasteiger partial charge in [-0.05, 0) is 6.92 Å². The summed E-state index contributed by atoms with van der Waals surface area (Å²) in [5.74, 6) is -0.775. The lowest BCUT2D eigenvalue weighted by atomic mass is 10.2. The summed E-state index contributed by atoms with van der Waals surface area (Å²) in [6, 6.07) is 0. The summed E-state index contributed by atoms with van der Waals surface area (Å²) in [5.41, 5.74) is 5.35. The van der Waals surface area contributed by atoms with Gasteiger partial charge in [0.2, 0.25) is 11.8 Å². The highest BCUT2D eigenvalue weighted by Gasteiger charge is 2.06. The third kappa shape index (κ3) is 4.49. The molecule has 4 heteroatoms. The van der Waals surface area contributed by atoms with E-state index in [0.29, 0.717) is 5.70 Å². The monoisotopic (exact) mass is 170 g/mol. The molecule has 0 saturated heterocycles. The van der Waals surface area contributed by atoms with Gasteiger partial charge in [0.1, 0.15) is 0 Å². The topological polar surface area (TPSA) is 72.2 Å². The van der Waals surface area contributed by atoms with Crippen LogP contribution in [-0.4, -0.2) is 11.8 Å². The first-order valence-corrected chi connectivity index (χ1v) is 3.72. The minimum Gasteiger partial charge on any atom is -0.366 e. The van der Waals surface area contributed by atoms with Crippen molar-refractivity contribution >= 4 is 11.8 Å². The maximum atomic E-state index is 11.0. The number of hydrogen-bond donors (Lipinski definition) is 2. The van der Waals surface area contributed by atoms with E-state index in [1.807, 2.05) is 0 Å². The molecular formula is C8H14N2O2. The van der Waals surface area contributed by atoms with Gasteiger partial charge >= 0.3 is 0 Å². The zero-order valence-electron chi connectivity index (χ0n) is 7.55. The SMILES string of the molecule is C/C(=C/C(N)=O)NC(=O)C(C)C. The van der Waals surface area contributed by atoms with Crippen LogP contribution in [-0.2, 0) is 9.59 Å². The lowest BCUT2D eigenvalue weighted by molar-refractivity contribution is -0.123. The minimum absolute atomic E-state index is 0.0961. The van der Waals surface area contributed by atoms with Gasteiger partial charge in [-0.1, -0.05) is 13.8 Å². The summed E-state index contributed by atoms with van der Waals surface area (Å²) in [5, 5.41) is 2.53. The highest BCUT2D eigenvalue weighted by molar-refractivity contribution is 5.88. The van der Waals surface area contributed by atoms with E-state index in [2.05, 4.69) is 5.32 Å². The van der Waals surface area contributed by atoms with Crippen molar-refractivity contribution in [2.75, 3.05) is 0 Å². The molecule has 0 aliphatic heterocycles. The van der Waals surface area contributed by atoms with Gasteiger partial charge in [-0.15, -0.1) is 0 Å². The molecule has 12 heavy (non-hydrogen) atoms. The van der Waals surface area contributed by atoms with Crippen molar-refractivity contribution in [1.82, 2.24) is 5.32 Å². The molecule has 0 radical (unpaired) electrons. The number of nitrogens with one attached hydrogen (secondary N) is 1. The van der Waals surface area contributed by atoms with Gasteiger partial charge in [-0.25, -0.2) is 0 Å². The Bertz CT molecular complexity index is 219. The Hall–Kier alpha value is -1.32. The third-order valence-corrected chi connectivity index (χ3v) is 1.20. The van der Waals surface area contributed by atoms with Crippen molar-refractivity contribution in [2.24, 2.45) is 11.7 Å². The summed E-state index contributed by atoms with van der Waals surface area (Å²) in [7, 11) is 0. The van der Waals surface area contributed by atoms with Gasteiger partial charge in [0, 0.05) is 17.7 Å². The Kier molecular flexibility index (Phi) is 4.04. The Morgan fingerprint density at radius 3 is 2.25 bits per heavy atom. The highest BCUT2D eigenvalue weighted by atomic mass is 16.2. The zero-order valence-corrected chi connectivity index (χ0v) is 7.55. The number of carbonyl (C=O) groups excluding carboxylic acids is 2.